The van der Waals surface area contributed by atoms with Crippen LogP contribution in [-0.2, 0) is 9.53 Å². The van der Waals surface area contributed by atoms with Gasteiger partial charge in [-0.2, -0.15) is 0 Å². The maximum absolute atomic E-state index is 11.8. The van der Waals surface area contributed by atoms with Crippen molar-refractivity contribution in [3.8, 4) is 0 Å². The summed E-state index contributed by atoms with van der Waals surface area (Å²) >= 11 is 0. The molecule has 1 unspecified atom stereocenters. The van der Waals surface area contributed by atoms with Gasteiger partial charge in [0.05, 0.1) is 6.54 Å². The number of aliphatic carboxylic acids is 1. The molecule has 1 atom stereocenters. The summed E-state index contributed by atoms with van der Waals surface area (Å²) in [7, 11) is 1.30. The largest absolute Gasteiger partial charge is 0.479 e. The van der Waals surface area contributed by atoms with Gasteiger partial charge in [-0.3, -0.25) is 0 Å². The number of ether oxygens (including phenoxy) is 1. The van der Waals surface area contributed by atoms with E-state index in [0.29, 0.717) is 6.54 Å². The van der Waals surface area contributed by atoms with Crippen molar-refractivity contribution >= 4 is 12.0 Å². The topological polar surface area (TPSA) is 78.9 Å². The molecule has 6 heteroatoms. The van der Waals surface area contributed by atoms with Gasteiger partial charge in [0.1, 0.15) is 0 Å². The molecule has 96 valence electrons. The fourth-order valence-corrected chi connectivity index (χ4v) is 1.48. The highest BCUT2D eigenvalue weighted by Gasteiger charge is 2.32. The number of carbonyl (C=O) groups excluding carboxylic acids is 1. The third-order valence-electron chi connectivity index (χ3n) is 2.57. The van der Waals surface area contributed by atoms with E-state index < -0.39 is 12.1 Å². The van der Waals surface area contributed by atoms with Crippen molar-refractivity contribution in [2.75, 3.05) is 20.2 Å². The summed E-state index contributed by atoms with van der Waals surface area (Å²) in [6.07, 6.45) is 2.63. The highest BCUT2D eigenvalue weighted by atomic mass is 16.5. The second-order valence-electron chi connectivity index (χ2n) is 3.92. The summed E-state index contributed by atoms with van der Waals surface area (Å²) in [5.74, 6) is -1.09. The van der Waals surface area contributed by atoms with E-state index >= 15 is 0 Å². The monoisotopic (exact) mass is 242 g/mol. The van der Waals surface area contributed by atoms with Crippen LogP contribution in [0.3, 0.4) is 0 Å². The third kappa shape index (κ3) is 4.07. The van der Waals surface area contributed by atoms with Crippen molar-refractivity contribution in [3.05, 3.63) is 12.7 Å². The van der Waals surface area contributed by atoms with Crippen molar-refractivity contribution in [2.24, 2.45) is 0 Å². The fourth-order valence-electron chi connectivity index (χ4n) is 1.48. The highest BCUT2D eigenvalue weighted by molar-refractivity contribution is 5.77. The zero-order valence-electron chi connectivity index (χ0n) is 9.89. The second kappa shape index (κ2) is 6.24. The molecule has 1 saturated carbocycles. The van der Waals surface area contributed by atoms with Crippen molar-refractivity contribution in [3.63, 3.8) is 0 Å². The molecule has 0 aromatic rings. The number of carboxylic acids is 1. The van der Waals surface area contributed by atoms with Crippen LogP contribution in [0.4, 0.5) is 4.79 Å². The normalized spacial score (nSPS) is 16.1. The van der Waals surface area contributed by atoms with Gasteiger partial charge in [-0.25, -0.2) is 9.59 Å². The number of rotatable bonds is 7. The lowest BCUT2D eigenvalue weighted by Gasteiger charge is -2.22. The predicted molar refractivity (Wildman–Crippen MR) is 61.8 cm³/mol. The minimum absolute atomic E-state index is 0.0367. The molecule has 0 bridgehead atoms. The number of carbonyl (C=O) groups is 2. The van der Waals surface area contributed by atoms with Crippen molar-refractivity contribution in [2.45, 2.75) is 25.0 Å². The van der Waals surface area contributed by atoms with E-state index in [2.05, 4.69) is 11.9 Å². The van der Waals surface area contributed by atoms with Gasteiger partial charge in [0, 0.05) is 19.7 Å². The summed E-state index contributed by atoms with van der Waals surface area (Å²) in [5.41, 5.74) is 0. The Morgan fingerprint density at radius 1 is 1.65 bits per heavy atom. The predicted octanol–water partition coefficient (Wildman–Crippen LogP) is 0.446. The Morgan fingerprint density at radius 3 is 2.71 bits per heavy atom. The van der Waals surface area contributed by atoms with Gasteiger partial charge in [-0.15, -0.1) is 6.58 Å². The molecule has 6 nitrogen and oxygen atoms in total. The lowest BCUT2D eigenvalue weighted by molar-refractivity contribution is -0.148. The average molecular weight is 242 g/mol. The Kier molecular flexibility index (Phi) is 4.96. The Hall–Kier alpha value is -1.56. The van der Waals surface area contributed by atoms with E-state index in [1.165, 1.54) is 7.11 Å². The number of urea groups is 1. The summed E-state index contributed by atoms with van der Waals surface area (Å²) in [4.78, 5) is 24.1. The molecule has 2 N–H and O–H groups in total. The Balaban J connectivity index is 2.40. The number of carboxylic acid groups (broad SMARTS) is 1. The molecule has 0 heterocycles. The number of nitrogens with one attached hydrogen (secondary N) is 1. The zero-order valence-corrected chi connectivity index (χ0v) is 9.89. The van der Waals surface area contributed by atoms with Gasteiger partial charge in [0.25, 0.3) is 0 Å². The van der Waals surface area contributed by atoms with Crippen molar-refractivity contribution in [1.29, 1.82) is 0 Å². The fraction of sp³-hybridized carbons (Fsp3) is 0.636. The van der Waals surface area contributed by atoms with Gasteiger partial charge < -0.3 is 20.1 Å². The number of amides is 2. The standard InChI is InChI=1S/C11H18N2O4/c1-3-6-13(8-4-5-8)11(16)12-7-9(17-2)10(14)15/h3,8-9H,1,4-7H2,2H3,(H,12,16)(H,14,15). The van der Waals surface area contributed by atoms with Crippen LogP contribution in [-0.4, -0.2) is 54.4 Å². The summed E-state index contributed by atoms with van der Waals surface area (Å²) in [5, 5.41) is 11.3. The first-order valence-electron chi connectivity index (χ1n) is 5.51. The van der Waals surface area contributed by atoms with E-state index in [9.17, 15) is 9.59 Å². The van der Waals surface area contributed by atoms with Crippen LogP contribution in [0.15, 0.2) is 12.7 Å². The summed E-state index contributed by atoms with van der Waals surface area (Å²) in [6, 6.07) is -0.00507. The van der Waals surface area contributed by atoms with E-state index in [4.69, 9.17) is 9.84 Å². The first-order chi connectivity index (χ1) is 8.10. The van der Waals surface area contributed by atoms with Crippen LogP contribution in [0, 0.1) is 0 Å². The Morgan fingerprint density at radius 2 is 2.29 bits per heavy atom. The molecule has 0 aliphatic heterocycles. The Bertz CT molecular complexity index is 302. The lowest BCUT2D eigenvalue weighted by atomic mass is 10.3. The smallest absolute Gasteiger partial charge is 0.334 e. The number of hydrogen-bond acceptors (Lipinski definition) is 3. The second-order valence-corrected chi connectivity index (χ2v) is 3.92. The highest BCUT2D eigenvalue weighted by Crippen LogP contribution is 2.26. The minimum atomic E-state index is -1.09. The van der Waals surface area contributed by atoms with Crippen LogP contribution in [0.5, 0.6) is 0 Å². The molecule has 1 aliphatic carbocycles. The Labute approximate surface area is 100 Å². The van der Waals surface area contributed by atoms with Gasteiger partial charge in [-0.05, 0) is 12.8 Å². The quantitative estimate of drug-likeness (QED) is 0.635. The summed E-state index contributed by atoms with van der Waals surface area (Å²) in [6.45, 7) is 4.03. The SMILES string of the molecule is C=CCN(C(=O)NCC(OC)C(=O)O)C1CC1. The maximum Gasteiger partial charge on any atom is 0.334 e. The number of hydrogen-bond donors (Lipinski definition) is 2. The van der Waals surface area contributed by atoms with Crippen molar-refractivity contribution in [1.82, 2.24) is 10.2 Å². The molecule has 17 heavy (non-hydrogen) atoms. The van der Waals surface area contributed by atoms with E-state index in [-0.39, 0.29) is 18.6 Å². The first-order valence-corrected chi connectivity index (χ1v) is 5.51. The number of methoxy groups -OCH3 is 1. The molecule has 0 aromatic carbocycles. The molecule has 1 fully saturated rings. The van der Waals surface area contributed by atoms with Crippen LogP contribution >= 0.6 is 0 Å². The molecular formula is C11H18N2O4. The molecule has 0 aromatic heterocycles. The van der Waals surface area contributed by atoms with Gasteiger partial charge in [0.2, 0.25) is 0 Å². The third-order valence-corrected chi connectivity index (χ3v) is 2.57. The van der Waals surface area contributed by atoms with E-state index in [0.717, 1.165) is 12.8 Å². The molecular weight excluding hydrogens is 224 g/mol. The van der Waals surface area contributed by atoms with E-state index in [1.807, 2.05) is 0 Å². The molecule has 0 radical (unpaired) electrons. The van der Waals surface area contributed by atoms with Gasteiger partial charge >= 0.3 is 12.0 Å². The van der Waals surface area contributed by atoms with Crippen molar-refractivity contribution < 1.29 is 19.4 Å². The average Bonchev–Trinajstić information content (AvgIpc) is 3.09. The van der Waals surface area contributed by atoms with Crippen LogP contribution in [0.25, 0.3) is 0 Å². The van der Waals surface area contributed by atoms with Crippen LogP contribution < -0.4 is 5.32 Å². The first kappa shape index (κ1) is 13.5. The van der Waals surface area contributed by atoms with E-state index in [1.54, 1.807) is 11.0 Å². The zero-order chi connectivity index (χ0) is 12.8. The molecule has 0 spiro atoms. The van der Waals surface area contributed by atoms with Gasteiger partial charge in [0.15, 0.2) is 6.10 Å². The molecule has 1 aliphatic rings. The summed E-state index contributed by atoms with van der Waals surface area (Å²) < 4.78 is 4.73. The van der Waals surface area contributed by atoms with Crippen LogP contribution in [0.1, 0.15) is 12.8 Å². The maximum atomic E-state index is 11.8. The number of nitrogens with zero attached hydrogens (tertiary/aromatic N) is 1. The van der Waals surface area contributed by atoms with Gasteiger partial charge in [-0.1, -0.05) is 6.08 Å². The molecule has 1 rings (SSSR count). The molecule has 0 saturated heterocycles. The molecule has 2 amide bonds. The van der Waals surface area contributed by atoms with Crippen LogP contribution in [0.2, 0.25) is 0 Å². The lowest BCUT2D eigenvalue weighted by Crippen LogP contribution is -2.46. The minimum Gasteiger partial charge on any atom is -0.479 e.